The molecule has 25 heavy (non-hydrogen) atoms. The van der Waals surface area contributed by atoms with Gasteiger partial charge >= 0.3 is 14.6 Å². The first-order valence-electron chi connectivity index (χ1n) is 7.40. The van der Waals surface area contributed by atoms with E-state index in [4.69, 9.17) is 8.85 Å². The molecule has 0 unspecified atom stereocenters. The molecule has 0 bridgehead atoms. The molecular weight excluding hydrogens is 367 g/mol. The average molecular weight is 386 g/mol. The summed E-state index contributed by atoms with van der Waals surface area (Å²) in [6.45, 7) is 1.33. The number of urea groups is 1. The van der Waals surface area contributed by atoms with Gasteiger partial charge in [-0.25, -0.2) is 18.0 Å². The van der Waals surface area contributed by atoms with Crippen LogP contribution in [-0.4, -0.2) is 40.5 Å². The highest BCUT2D eigenvalue weighted by Crippen LogP contribution is 2.25. The van der Waals surface area contributed by atoms with Gasteiger partial charge in [-0.1, -0.05) is 15.9 Å². The molecule has 0 saturated heterocycles. The maximum Gasteiger partial charge on any atom is 0.381 e. The zero-order valence-electron chi connectivity index (χ0n) is 14.0. The van der Waals surface area contributed by atoms with E-state index in [0.717, 1.165) is 0 Å². The van der Waals surface area contributed by atoms with Gasteiger partial charge in [0.1, 0.15) is 5.69 Å². The van der Waals surface area contributed by atoms with Gasteiger partial charge in [0.25, 0.3) is 0 Å². The van der Waals surface area contributed by atoms with E-state index in [2.05, 4.69) is 0 Å². The molecule has 0 aliphatic rings. The van der Waals surface area contributed by atoms with E-state index in [1.54, 1.807) is 0 Å². The lowest BCUT2D eigenvalue weighted by Crippen LogP contribution is -2.40. The fourth-order valence-corrected chi connectivity index (χ4v) is 4.40. The predicted octanol–water partition coefficient (Wildman–Crippen LogP) is 4.25. The Hall–Kier alpha value is -1.72. The van der Waals surface area contributed by atoms with Crippen molar-refractivity contribution in [1.29, 1.82) is 0 Å². The second-order valence-corrected chi connectivity index (χ2v) is 8.96. The SMILES string of the molecule is CC[Si](CCCN(F)C(=O)N(F)c1ccc(F)c(F)c1F)(OC)OC. The molecule has 1 rings (SSSR count). The van der Waals surface area contributed by atoms with Gasteiger partial charge in [-0.2, -0.15) is 5.12 Å². The lowest BCUT2D eigenvalue weighted by atomic mass is 10.3. The normalized spacial score (nSPS) is 11.5. The summed E-state index contributed by atoms with van der Waals surface area (Å²) in [6, 6.07) is -0.00621. The molecule has 0 saturated carbocycles. The maximum absolute atomic E-state index is 13.8. The number of nitrogens with zero attached hydrogens (tertiary/aromatic N) is 2. The Kier molecular flexibility index (Phi) is 7.77. The van der Waals surface area contributed by atoms with Crippen LogP contribution in [0, 0.1) is 17.5 Å². The Balaban J connectivity index is 2.72. The third-order valence-electron chi connectivity index (χ3n) is 3.80. The van der Waals surface area contributed by atoms with E-state index in [1.165, 1.54) is 14.2 Å². The van der Waals surface area contributed by atoms with Crippen LogP contribution in [-0.2, 0) is 8.85 Å². The highest BCUT2D eigenvalue weighted by atomic mass is 28.4. The minimum absolute atomic E-state index is 0.109. The van der Waals surface area contributed by atoms with Gasteiger partial charge in [0.2, 0.25) is 0 Å². The quantitative estimate of drug-likeness (QED) is 0.290. The minimum atomic E-state index is -2.50. The van der Waals surface area contributed by atoms with Gasteiger partial charge in [-0.05, 0) is 30.6 Å². The molecule has 1 aromatic rings. The standard InChI is InChI=1S/C14H19F5N2O3Si/c1-4-25(23-2,24-3)9-5-8-20(18)14(22)21(19)11-7-6-10(15)12(16)13(11)17/h6-7H,4-5,8-9H2,1-3H3. The van der Waals surface area contributed by atoms with E-state index < -0.39 is 54.5 Å². The minimum Gasteiger partial charge on any atom is -0.398 e. The first kappa shape index (κ1) is 21.3. The Labute approximate surface area is 143 Å². The number of halogens is 5. The second kappa shape index (κ2) is 9.11. The topological polar surface area (TPSA) is 42.0 Å². The van der Waals surface area contributed by atoms with Crippen molar-refractivity contribution in [3.05, 3.63) is 29.6 Å². The summed E-state index contributed by atoms with van der Waals surface area (Å²) in [5, 5.41) is -1.41. The summed E-state index contributed by atoms with van der Waals surface area (Å²) >= 11 is 0. The Morgan fingerprint density at radius 2 is 1.72 bits per heavy atom. The number of amides is 2. The number of carbonyl (C=O) groups is 1. The van der Waals surface area contributed by atoms with Gasteiger partial charge in [0, 0.05) is 14.2 Å². The second-order valence-electron chi connectivity index (χ2n) is 5.12. The molecule has 0 aliphatic carbocycles. The molecule has 0 N–H and O–H groups in total. The van der Waals surface area contributed by atoms with Crippen molar-refractivity contribution in [3.8, 4) is 0 Å². The summed E-state index contributed by atoms with van der Waals surface area (Å²) in [6.07, 6.45) is 0.109. The van der Waals surface area contributed by atoms with Crippen LogP contribution in [0.2, 0.25) is 12.1 Å². The summed E-state index contributed by atoms with van der Waals surface area (Å²) in [4.78, 5) is 11.6. The molecule has 0 aliphatic heterocycles. The molecule has 0 aromatic heterocycles. The summed E-state index contributed by atoms with van der Waals surface area (Å²) in [7, 11) is 0.434. The Morgan fingerprint density at radius 3 is 2.24 bits per heavy atom. The van der Waals surface area contributed by atoms with Crippen LogP contribution in [0.4, 0.5) is 32.6 Å². The molecule has 1 aromatic carbocycles. The molecule has 0 atom stereocenters. The largest absolute Gasteiger partial charge is 0.398 e. The molecule has 0 radical (unpaired) electrons. The van der Waals surface area contributed by atoms with Crippen LogP contribution >= 0.6 is 0 Å². The lowest BCUT2D eigenvalue weighted by Gasteiger charge is -2.26. The van der Waals surface area contributed by atoms with Crippen LogP contribution in [0.5, 0.6) is 0 Å². The van der Waals surface area contributed by atoms with E-state index in [9.17, 15) is 26.9 Å². The van der Waals surface area contributed by atoms with E-state index in [1.807, 2.05) is 6.92 Å². The monoisotopic (exact) mass is 386 g/mol. The lowest BCUT2D eigenvalue weighted by molar-refractivity contribution is 0.0627. The number of carbonyl (C=O) groups excluding carboxylic acids is 1. The van der Waals surface area contributed by atoms with Crippen LogP contribution in [0.3, 0.4) is 0 Å². The molecule has 0 fully saturated rings. The molecular formula is C14H19F5N2O3Si. The maximum atomic E-state index is 13.8. The van der Waals surface area contributed by atoms with Gasteiger partial charge in [0.15, 0.2) is 17.5 Å². The molecule has 11 heteroatoms. The van der Waals surface area contributed by atoms with Crippen LogP contribution < -0.4 is 5.12 Å². The van der Waals surface area contributed by atoms with Gasteiger partial charge in [-0.3, -0.25) is 0 Å². The smallest absolute Gasteiger partial charge is 0.381 e. The first-order chi connectivity index (χ1) is 11.7. The molecule has 5 nitrogen and oxygen atoms in total. The van der Waals surface area contributed by atoms with Crippen molar-refractivity contribution in [2.24, 2.45) is 0 Å². The fourth-order valence-electron chi connectivity index (χ4n) is 2.20. The molecule has 2 amide bonds. The van der Waals surface area contributed by atoms with Crippen LogP contribution in [0.15, 0.2) is 12.1 Å². The van der Waals surface area contributed by atoms with Crippen LogP contribution in [0.1, 0.15) is 13.3 Å². The first-order valence-corrected chi connectivity index (χ1v) is 9.63. The third-order valence-corrected chi connectivity index (χ3v) is 7.48. The van der Waals surface area contributed by atoms with E-state index >= 15 is 0 Å². The highest BCUT2D eigenvalue weighted by molar-refractivity contribution is 6.67. The zero-order chi connectivity index (χ0) is 19.2. The van der Waals surface area contributed by atoms with Crippen molar-refractivity contribution in [2.45, 2.75) is 25.4 Å². The van der Waals surface area contributed by atoms with Crippen molar-refractivity contribution >= 4 is 20.3 Å². The number of hydrogen-bond acceptors (Lipinski definition) is 3. The Morgan fingerprint density at radius 1 is 1.12 bits per heavy atom. The van der Waals surface area contributed by atoms with Crippen molar-refractivity contribution in [2.75, 3.05) is 25.9 Å². The van der Waals surface area contributed by atoms with Gasteiger partial charge in [0.05, 0.1) is 6.54 Å². The average Bonchev–Trinajstić information content (AvgIpc) is 2.62. The summed E-state index contributed by atoms with van der Waals surface area (Å²) in [5.74, 6) is -5.45. The predicted molar refractivity (Wildman–Crippen MR) is 82.8 cm³/mol. The number of anilines is 1. The van der Waals surface area contributed by atoms with Crippen molar-refractivity contribution in [1.82, 2.24) is 5.12 Å². The van der Waals surface area contributed by atoms with E-state index in [0.29, 0.717) is 24.2 Å². The summed E-state index contributed by atoms with van der Waals surface area (Å²) < 4.78 is 77.6. The third kappa shape index (κ3) is 4.89. The molecule has 142 valence electrons. The summed E-state index contributed by atoms with van der Waals surface area (Å²) in [5.41, 5.74) is -1.22. The van der Waals surface area contributed by atoms with Gasteiger partial charge in [-0.15, -0.1) is 5.12 Å². The van der Waals surface area contributed by atoms with Crippen molar-refractivity contribution < 1.29 is 35.8 Å². The number of rotatable bonds is 8. The number of benzene rings is 1. The van der Waals surface area contributed by atoms with Gasteiger partial charge < -0.3 is 8.85 Å². The number of hydrogen-bond donors (Lipinski definition) is 0. The fraction of sp³-hybridized carbons (Fsp3) is 0.500. The zero-order valence-corrected chi connectivity index (χ0v) is 15.0. The molecule has 0 spiro atoms. The van der Waals surface area contributed by atoms with E-state index in [-0.39, 0.29) is 6.42 Å². The molecule has 0 heterocycles. The van der Waals surface area contributed by atoms with Crippen molar-refractivity contribution in [3.63, 3.8) is 0 Å². The van der Waals surface area contributed by atoms with Crippen LogP contribution in [0.25, 0.3) is 0 Å². The highest BCUT2D eigenvalue weighted by Gasteiger charge is 2.34. The Bertz CT molecular complexity index is 596.